The first-order valence-corrected chi connectivity index (χ1v) is 5.35. The number of ether oxygens (including phenoxy) is 3. The summed E-state index contributed by atoms with van der Waals surface area (Å²) < 4.78 is 15.6. The van der Waals surface area contributed by atoms with Crippen LogP contribution in [0.5, 0.6) is 0 Å². The highest BCUT2D eigenvalue weighted by atomic mass is 16.5. The Hall–Kier alpha value is -0.160. The molecule has 0 spiro atoms. The SMILES string of the molecule is CCOCCNCCOCCOCC. The Kier molecular flexibility index (Phi) is 12.7. The van der Waals surface area contributed by atoms with Crippen molar-refractivity contribution in [2.75, 3.05) is 52.7 Å². The maximum Gasteiger partial charge on any atom is 0.0701 e. The van der Waals surface area contributed by atoms with E-state index in [-0.39, 0.29) is 0 Å². The van der Waals surface area contributed by atoms with Crippen molar-refractivity contribution in [3.05, 3.63) is 0 Å². The predicted octanol–water partition coefficient (Wildman–Crippen LogP) is 0.666. The largest absolute Gasteiger partial charge is 0.380 e. The van der Waals surface area contributed by atoms with E-state index in [9.17, 15) is 0 Å². The van der Waals surface area contributed by atoms with Crippen molar-refractivity contribution in [1.29, 1.82) is 0 Å². The van der Waals surface area contributed by atoms with Crippen molar-refractivity contribution >= 4 is 0 Å². The van der Waals surface area contributed by atoms with Gasteiger partial charge in [0.1, 0.15) is 0 Å². The first-order chi connectivity index (χ1) is 6.91. The van der Waals surface area contributed by atoms with Crippen LogP contribution in [0, 0.1) is 0 Å². The Bertz CT molecular complexity index is 89.4. The van der Waals surface area contributed by atoms with Crippen molar-refractivity contribution in [3.8, 4) is 0 Å². The zero-order valence-corrected chi connectivity index (χ0v) is 9.38. The Morgan fingerprint density at radius 3 is 1.86 bits per heavy atom. The molecule has 0 saturated carbocycles. The fourth-order valence-corrected chi connectivity index (χ4v) is 0.922. The monoisotopic (exact) mass is 205 g/mol. The van der Waals surface area contributed by atoms with Gasteiger partial charge in [0, 0.05) is 26.3 Å². The van der Waals surface area contributed by atoms with Crippen molar-refractivity contribution in [3.63, 3.8) is 0 Å². The van der Waals surface area contributed by atoms with Crippen molar-refractivity contribution < 1.29 is 14.2 Å². The third-order valence-corrected chi connectivity index (χ3v) is 1.63. The predicted molar refractivity (Wildman–Crippen MR) is 56.7 cm³/mol. The van der Waals surface area contributed by atoms with E-state index in [1.807, 2.05) is 13.8 Å². The Morgan fingerprint density at radius 1 is 0.714 bits per heavy atom. The highest BCUT2D eigenvalue weighted by Gasteiger charge is 1.89. The summed E-state index contributed by atoms with van der Waals surface area (Å²) >= 11 is 0. The van der Waals surface area contributed by atoms with Crippen LogP contribution in [-0.2, 0) is 14.2 Å². The standard InChI is InChI=1S/C10H23NO3/c1-3-12-7-5-11-6-8-14-10-9-13-4-2/h11H,3-10H2,1-2H3. The topological polar surface area (TPSA) is 39.7 Å². The summed E-state index contributed by atoms with van der Waals surface area (Å²) in [6.07, 6.45) is 0. The van der Waals surface area contributed by atoms with Gasteiger partial charge in [-0.1, -0.05) is 0 Å². The van der Waals surface area contributed by atoms with Gasteiger partial charge in [0.05, 0.1) is 26.4 Å². The molecule has 0 radical (unpaired) electrons. The van der Waals surface area contributed by atoms with Crippen LogP contribution in [0.15, 0.2) is 0 Å². The zero-order chi connectivity index (χ0) is 10.5. The van der Waals surface area contributed by atoms with Crippen molar-refractivity contribution in [1.82, 2.24) is 5.32 Å². The normalized spacial score (nSPS) is 10.7. The quantitative estimate of drug-likeness (QED) is 0.503. The number of nitrogens with one attached hydrogen (secondary N) is 1. The van der Waals surface area contributed by atoms with Gasteiger partial charge in [-0.2, -0.15) is 0 Å². The summed E-state index contributed by atoms with van der Waals surface area (Å²) in [5.41, 5.74) is 0. The Morgan fingerprint density at radius 2 is 1.21 bits per heavy atom. The van der Waals surface area contributed by atoms with E-state index in [1.54, 1.807) is 0 Å². The van der Waals surface area contributed by atoms with Gasteiger partial charge in [0.25, 0.3) is 0 Å². The molecule has 0 bridgehead atoms. The van der Waals surface area contributed by atoms with Crippen LogP contribution in [-0.4, -0.2) is 52.7 Å². The van der Waals surface area contributed by atoms with Crippen LogP contribution >= 0.6 is 0 Å². The van der Waals surface area contributed by atoms with E-state index in [2.05, 4.69) is 5.32 Å². The van der Waals surface area contributed by atoms with Gasteiger partial charge < -0.3 is 19.5 Å². The molecule has 0 atom stereocenters. The summed E-state index contributed by atoms with van der Waals surface area (Å²) in [7, 11) is 0. The molecular weight excluding hydrogens is 182 g/mol. The summed E-state index contributed by atoms with van der Waals surface area (Å²) in [6.45, 7) is 10.2. The molecule has 0 aliphatic rings. The average Bonchev–Trinajstić information content (AvgIpc) is 2.21. The van der Waals surface area contributed by atoms with E-state index in [4.69, 9.17) is 14.2 Å². The maximum atomic E-state index is 5.31. The molecule has 1 N–H and O–H groups in total. The minimum Gasteiger partial charge on any atom is -0.380 e. The molecule has 0 rings (SSSR count). The lowest BCUT2D eigenvalue weighted by atomic mass is 10.6. The number of rotatable bonds is 11. The molecule has 0 aromatic heterocycles. The van der Waals surface area contributed by atoms with Crippen LogP contribution in [0.1, 0.15) is 13.8 Å². The number of hydrogen-bond donors (Lipinski definition) is 1. The van der Waals surface area contributed by atoms with Gasteiger partial charge >= 0.3 is 0 Å². The fourth-order valence-electron chi connectivity index (χ4n) is 0.922. The van der Waals surface area contributed by atoms with Crippen LogP contribution in [0.3, 0.4) is 0 Å². The molecule has 0 unspecified atom stereocenters. The molecule has 0 heterocycles. The molecule has 0 aliphatic carbocycles. The van der Waals surface area contributed by atoms with Gasteiger partial charge in [0.15, 0.2) is 0 Å². The minimum atomic E-state index is 0.682. The fraction of sp³-hybridized carbons (Fsp3) is 1.00. The third kappa shape index (κ3) is 11.8. The molecular formula is C10H23NO3. The van der Waals surface area contributed by atoms with Crippen LogP contribution < -0.4 is 5.32 Å². The molecule has 0 aromatic rings. The minimum absolute atomic E-state index is 0.682. The molecule has 0 amide bonds. The molecule has 0 saturated heterocycles. The molecule has 86 valence electrons. The Labute approximate surface area is 86.9 Å². The molecule has 4 nitrogen and oxygen atoms in total. The lowest BCUT2D eigenvalue weighted by Crippen LogP contribution is -2.24. The van der Waals surface area contributed by atoms with E-state index < -0.39 is 0 Å². The molecule has 0 aliphatic heterocycles. The van der Waals surface area contributed by atoms with E-state index >= 15 is 0 Å². The first-order valence-electron chi connectivity index (χ1n) is 5.35. The first kappa shape index (κ1) is 13.8. The van der Waals surface area contributed by atoms with Crippen molar-refractivity contribution in [2.24, 2.45) is 0 Å². The molecule has 0 fully saturated rings. The van der Waals surface area contributed by atoms with E-state index in [1.165, 1.54) is 0 Å². The van der Waals surface area contributed by atoms with E-state index in [0.29, 0.717) is 13.2 Å². The van der Waals surface area contributed by atoms with Crippen LogP contribution in [0.4, 0.5) is 0 Å². The van der Waals surface area contributed by atoms with Gasteiger partial charge in [-0.3, -0.25) is 0 Å². The zero-order valence-electron chi connectivity index (χ0n) is 9.38. The lowest BCUT2D eigenvalue weighted by molar-refractivity contribution is 0.0533. The summed E-state index contributed by atoms with van der Waals surface area (Å²) in [4.78, 5) is 0. The van der Waals surface area contributed by atoms with Gasteiger partial charge in [-0.05, 0) is 13.8 Å². The van der Waals surface area contributed by atoms with Crippen LogP contribution in [0.2, 0.25) is 0 Å². The van der Waals surface area contributed by atoms with Gasteiger partial charge in [0.2, 0.25) is 0 Å². The van der Waals surface area contributed by atoms with E-state index in [0.717, 1.165) is 39.5 Å². The molecule has 0 aromatic carbocycles. The average molecular weight is 205 g/mol. The van der Waals surface area contributed by atoms with Crippen molar-refractivity contribution in [2.45, 2.75) is 13.8 Å². The highest BCUT2D eigenvalue weighted by Crippen LogP contribution is 1.77. The Balaban J connectivity index is 2.78. The molecule has 4 heteroatoms. The lowest BCUT2D eigenvalue weighted by Gasteiger charge is -2.06. The summed E-state index contributed by atoms with van der Waals surface area (Å²) in [6, 6.07) is 0. The second kappa shape index (κ2) is 12.8. The second-order valence-corrected chi connectivity index (χ2v) is 2.76. The van der Waals surface area contributed by atoms with Crippen LogP contribution in [0.25, 0.3) is 0 Å². The van der Waals surface area contributed by atoms with Gasteiger partial charge in [-0.25, -0.2) is 0 Å². The summed E-state index contributed by atoms with van der Waals surface area (Å²) in [5, 5.41) is 3.22. The van der Waals surface area contributed by atoms with Gasteiger partial charge in [-0.15, -0.1) is 0 Å². The number of hydrogen-bond acceptors (Lipinski definition) is 4. The smallest absolute Gasteiger partial charge is 0.0701 e. The third-order valence-electron chi connectivity index (χ3n) is 1.63. The maximum absolute atomic E-state index is 5.31. The highest BCUT2D eigenvalue weighted by molar-refractivity contribution is 4.44. The summed E-state index contributed by atoms with van der Waals surface area (Å²) in [5.74, 6) is 0. The molecule has 14 heavy (non-hydrogen) atoms. The second-order valence-electron chi connectivity index (χ2n) is 2.76.